The number of anilines is 2. The van der Waals surface area contributed by atoms with Gasteiger partial charge in [0, 0.05) is 62.5 Å². The Labute approximate surface area is 206 Å². The van der Waals surface area contributed by atoms with Gasteiger partial charge in [-0.3, -0.25) is 19.7 Å². The summed E-state index contributed by atoms with van der Waals surface area (Å²) in [6, 6.07) is 18.9. The molecule has 8 nitrogen and oxygen atoms in total. The van der Waals surface area contributed by atoms with Gasteiger partial charge < -0.3 is 10.2 Å². The summed E-state index contributed by atoms with van der Waals surface area (Å²) in [7, 11) is 1.82. The van der Waals surface area contributed by atoms with Crippen LogP contribution in [0.3, 0.4) is 0 Å². The Hall–Kier alpha value is -3.65. The van der Waals surface area contributed by atoms with Crippen LogP contribution < -0.4 is 10.6 Å². The van der Waals surface area contributed by atoms with Crippen molar-refractivity contribution in [2.75, 3.05) is 36.8 Å². The molecule has 2 N–H and O–H groups in total. The molecule has 0 bridgehead atoms. The van der Waals surface area contributed by atoms with Gasteiger partial charge in [-0.05, 0) is 29.8 Å². The number of amides is 3. The third kappa shape index (κ3) is 6.27. The largest absolute Gasteiger partial charge is 0.336 e. The third-order valence-electron chi connectivity index (χ3n) is 6.19. The van der Waals surface area contributed by atoms with Crippen LogP contribution in [-0.4, -0.2) is 57.7 Å². The lowest BCUT2D eigenvalue weighted by atomic mass is 9.92. The standard InChI is InChI=1S/C27H34N6O2/c1-27(2,3)23-18-24(31(4)30-23)29-26(35)28-22-12-10-20(11-13-22)19-32-14-16-33(17-15-32)25(34)21-8-6-5-7-9-21/h5-13,18H,14-17,19H2,1-4H3,(H2,28,29,35). The molecule has 2 aromatic carbocycles. The van der Waals surface area contributed by atoms with Crippen LogP contribution in [0.2, 0.25) is 0 Å². The van der Waals surface area contributed by atoms with E-state index < -0.39 is 0 Å². The van der Waals surface area contributed by atoms with E-state index in [9.17, 15) is 9.59 Å². The Balaban J connectivity index is 1.25. The molecule has 0 saturated carbocycles. The first-order valence-corrected chi connectivity index (χ1v) is 12.0. The zero-order valence-corrected chi connectivity index (χ0v) is 20.9. The van der Waals surface area contributed by atoms with Crippen molar-refractivity contribution in [1.82, 2.24) is 19.6 Å². The Bertz CT molecular complexity index is 1160. The van der Waals surface area contributed by atoms with E-state index in [2.05, 4.69) is 41.4 Å². The highest BCUT2D eigenvalue weighted by molar-refractivity contribution is 5.99. The highest BCUT2D eigenvalue weighted by Crippen LogP contribution is 2.23. The summed E-state index contributed by atoms with van der Waals surface area (Å²) < 4.78 is 1.68. The van der Waals surface area contributed by atoms with Crippen molar-refractivity contribution in [3.05, 3.63) is 77.5 Å². The number of carbonyl (C=O) groups excluding carboxylic acids is 2. The number of rotatable bonds is 5. The summed E-state index contributed by atoms with van der Waals surface area (Å²) in [5, 5.41) is 10.2. The molecular weight excluding hydrogens is 440 g/mol. The van der Waals surface area contributed by atoms with Gasteiger partial charge in [-0.25, -0.2) is 4.79 Å². The summed E-state index contributed by atoms with van der Waals surface area (Å²) in [5.41, 5.74) is 3.47. The SMILES string of the molecule is Cn1nc(C(C)(C)C)cc1NC(=O)Nc1ccc(CN2CCN(C(=O)c3ccccc3)CC2)cc1. The molecule has 0 unspecified atom stereocenters. The highest BCUT2D eigenvalue weighted by atomic mass is 16.2. The molecular formula is C27H34N6O2. The molecule has 0 spiro atoms. The van der Waals surface area contributed by atoms with E-state index in [0.717, 1.165) is 49.7 Å². The second-order valence-corrected chi connectivity index (χ2v) is 10.00. The number of nitrogens with zero attached hydrogens (tertiary/aromatic N) is 4. The first-order valence-electron chi connectivity index (χ1n) is 12.0. The number of hydrogen-bond acceptors (Lipinski definition) is 4. The van der Waals surface area contributed by atoms with Crippen molar-refractivity contribution >= 4 is 23.4 Å². The number of carbonyl (C=O) groups is 2. The molecule has 1 aromatic heterocycles. The summed E-state index contributed by atoms with van der Waals surface area (Å²) in [4.78, 5) is 29.4. The third-order valence-corrected chi connectivity index (χ3v) is 6.19. The molecule has 1 aliphatic heterocycles. The first-order chi connectivity index (χ1) is 16.7. The smallest absolute Gasteiger partial charge is 0.324 e. The van der Waals surface area contributed by atoms with Gasteiger partial charge in [-0.2, -0.15) is 5.10 Å². The van der Waals surface area contributed by atoms with E-state index in [1.54, 1.807) is 4.68 Å². The predicted octanol–water partition coefficient (Wildman–Crippen LogP) is 4.32. The monoisotopic (exact) mass is 474 g/mol. The number of benzene rings is 2. The van der Waals surface area contributed by atoms with Crippen LogP contribution in [-0.2, 0) is 19.0 Å². The van der Waals surface area contributed by atoms with E-state index >= 15 is 0 Å². The van der Waals surface area contributed by atoms with Crippen molar-refractivity contribution in [2.45, 2.75) is 32.7 Å². The van der Waals surface area contributed by atoms with Crippen LogP contribution in [0.1, 0.15) is 42.4 Å². The lowest BCUT2D eigenvalue weighted by Gasteiger charge is -2.34. The average molecular weight is 475 g/mol. The molecule has 8 heteroatoms. The normalized spacial score (nSPS) is 14.6. The van der Waals surface area contributed by atoms with Gasteiger partial charge >= 0.3 is 6.03 Å². The molecule has 184 valence electrons. The van der Waals surface area contributed by atoms with E-state index in [0.29, 0.717) is 5.82 Å². The molecule has 1 saturated heterocycles. The van der Waals surface area contributed by atoms with E-state index in [4.69, 9.17) is 0 Å². The first kappa shape index (κ1) is 24.5. The highest BCUT2D eigenvalue weighted by Gasteiger charge is 2.22. The van der Waals surface area contributed by atoms with E-state index in [1.165, 1.54) is 5.56 Å². The fourth-order valence-corrected chi connectivity index (χ4v) is 4.05. The number of hydrogen-bond donors (Lipinski definition) is 2. The molecule has 1 aliphatic rings. The fourth-order valence-electron chi connectivity index (χ4n) is 4.05. The minimum absolute atomic E-state index is 0.0892. The van der Waals surface area contributed by atoms with Gasteiger partial charge in [0.15, 0.2) is 0 Å². The van der Waals surface area contributed by atoms with Crippen molar-refractivity contribution in [3.8, 4) is 0 Å². The van der Waals surface area contributed by atoms with Gasteiger partial charge in [0.25, 0.3) is 5.91 Å². The van der Waals surface area contributed by atoms with Crippen LogP contribution in [0, 0.1) is 0 Å². The van der Waals surface area contributed by atoms with Gasteiger partial charge in [-0.15, -0.1) is 0 Å². The summed E-state index contributed by atoms with van der Waals surface area (Å²) >= 11 is 0. The zero-order valence-electron chi connectivity index (χ0n) is 20.9. The number of nitrogens with one attached hydrogen (secondary N) is 2. The Kier molecular flexibility index (Phi) is 7.21. The number of aromatic nitrogens is 2. The van der Waals surface area contributed by atoms with Crippen molar-refractivity contribution in [3.63, 3.8) is 0 Å². The second kappa shape index (κ2) is 10.3. The quantitative estimate of drug-likeness (QED) is 0.577. The molecule has 3 amide bonds. The zero-order chi connectivity index (χ0) is 25.0. The van der Waals surface area contributed by atoms with Crippen molar-refractivity contribution in [1.29, 1.82) is 0 Å². The lowest BCUT2D eigenvalue weighted by molar-refractivity contribution is 0.0628. The van der Waals surface area contributed by atoms with Crippen LogP contribution in [0.15, 0.2) is 60.7 Å². The lowest BCUT2D eigenvalue weighted by Crippen LogP contribution is -2.48. The maximum Gasteiger partial charge on any atom is 0.324 e. The van der Waals surface area contributed by atoms with Crippen LogP contribution >= 0.6 is 0 Å². The Morgan fingerprint density at radius 1 is 0.914 bits per heavy atom. The molecule has 2 heterocycles. The molecule has 4 rings (SSSR count). The second-order valence-electron chi connectivity index (χ2n) is 10.00. The number of aryl methyl sites for hydroxylation is 1. The molecule has 1 fully saturated rings. The number of piperazine rings is 1. The van der Waals surface area contributed by atoms with Crippen LogP contribution in [0.4, 0.5) is 16.3 Å². The maximum absolute atomic E-state index is 12.6. The molecule has 3 aromatic rings. The summed E-state index contributed by atoms with van der Waals surface area (Å²) in [6.07, 6.45) is 0. The van der Waals surface area contributed by atoms with Crippen LogP contribution in [0.25, 0.3) is 0 Å². The van der Waals surface area contributed by atoms with Gasteiger partial charge in [0.05, 0.1) is 5.69 Å². The molecule has 0 radical (unpaired) electrons. The van der Waals surface area contributed by atoms with Crippen molar-refractivity contribution < 1.29 is 9.59 Å². The van der Waals surface area contributed by atoms with Crippen molar-refractivity contribution in [2.24, 2.45) is 7.05 Å². The number of urea groups is 1. The van der Waals surface area contributed by atoms with Gasteiger partial charge in [0.2, 0.25) is 0 Å². The average Bonchev–Trinajstić information content (AvgIpc) is 3.21. The molecule has 35 heavy (non-hydrogen) atoms. The Morgan fingerprint density at radius 2 is 1.57 bits per heavy atom. The molecule has 0 atom stereocenters. The summed E-state index contributed by atoms with van der Waals surface area (Å²) in [6.45, 7) is 10.2. The molecule has 0 aliphatic carbocycles. The minimum atomic E-state index is -0.305. The van der Waals surface area contributed by atoms with Gasteiger partial charge in [-0.1, -0.05) is 51.1 Å². The van der Waals surface area contributed by atoms with E-state index in [1.807, 2.05) is 72.6 Å². The summed E-state index contributed by atoms with van der Waals surface area (Å²) in [5.74, 6) is 0.744. The minimum Gasteiger partial charge on any atom is -0.336 e. The fraction of sp³-hybridized carbons (Fsp3) is 0.370. The maximum atomic E-state index is 12.6. The van der Waals surface area contributed by atoms with E-state index in [-0.39, 0.29) is 17.4 Å². The Morgan fingerprint density at radius 3 is 2.17 bits per heavy atom. The van der Waals surface area contributed by atoms with Crippen LogP contribution in [0.5, 0.6) is 0 Å². The van der Waals surface area contributed by atoms with Gasteiger partial charge in [0.1, 0.15) is 5.82 Å². The topological polar surface area (TPSA) is 82.5 Å². The predicted molar refractivity (Wildman–Crippen MR) is 139 cm³/mol.